The highest BCUT2D eigenvalue weighted by Gasteiger charge is 2.18. The second-order valence-corrected chi connectivity index (χ2v) is 6.76. The molecule has 3 rings (SSSR count). The minimum atomic E-state index is -3.51. The highest BCUT2D eigenvalue weighted by atomic mass is 32.2. The molecule has 0 saturated heterocycles. The zero-order valence-electron chi connectivity index (χ0n) is 11.6. The first kappa shape index (κ1) is 13.5. The fourth-order valence-corrected chi connectivity index (χ4v) is 2.75. The van der Waals surface area contributed by atoms with E-state index in [2.05, 4.69) is 21.0 Å². The van der Waals surface area contributed by atoms with Gasteiger partial charge in [0.15, 0.2) is 11.3 Å². The van der Waals surface area contributed by atoms with Crippen molar-refractivity contribution >= 4 is 26.5 Å². The first-order valence-corrected chi connectivity index (χ1v) is 7.97. The third-order valence-electron chi connectivity index (χ3n) is 3.25. The molecular weight excluding hydrogens is 290 g/mol. The number of fused-ring (bicyclic) bond motifs is 3. The molecular formula is C13H11N5O2S. The smallest absolute Gasteiger partial charge is 0.248 e. The third-order valence-corrected chi connectivity index (χ3v) is 4.11. The van der Waals surface area contributed by atoms with Crippen LogP contribution in [0.1, 0.15) is 16.8 Å². The molecule has 0 aliphatic heterocycles. The Kier molecular flexibility index (Phi) is 2.71. The fraction of sp³-hybridized carbons (Fsp3) is 0.231. The standard InChI is InChI=1S/C13H11N5O2S/c1-7-6-18-11(16-7)9(4-14)8(2)10-5-15-13(17-12(10)18)21(3,19)20/h5-6H,1-3H3. The van der Waals surface area contributed by atoms with Gasteiger partial charge in [0.05, 0.1) is 11.3 Å². The van der Waals surface area contributed by atoms with Gasteiger partial charge in [-0.25, -0.2) is 18.4 Å². The summed E-state index contributed by atoms with van der Waals surface area (Å²) in [5.74, 6) is 0. The molecule has 3 aromatic heterocycles. The number of nitriles is 1. The molecule has 3 heterocycles. The lowest BCUT2D eigenvalue weighted by Gasteiger charge is -2.08. The van der Waals surface area contributed by atoms with Crippen LogP contribution in [0.3, 0.4) is 0 Å². The predicted molar refractivity (Wildman–Crippen MR) is 75.6 cm³/mol. The van der Waals surface area contributed by atoms with Gasteiger partial charge in [-0.1, -0.05) is 0 Å². The summed E-state index contributed by atoms with van der Waals surface area (Å²) in [6, 6.07) is 2.13. The Bertz CT molecular complexity index is 1040. The largest absolute Gasteiger partial charge is 0.282 e. The first-order chi connectivity index (χ1) is 9.82. The van der Waals surface area contributed by atoms with Crippen LogP contribution < -0.4 is 0 Å². The molecule has 106 valence electrons. The van der Waals surface area contributed by atoms with Gasteiger partial charge in [-0.2, -0.15) is 10.2 Å². The molecule has 3 aromatic rings. The SMILES string of the molecule is Cc1cn2c(n1)c(C#N)c(C)c1cnc(S(C)(=O)=O)nc12. The van der Waals surface area contributed by atoms with Crippen molar-refractivity contribution in [3.8, 4) is 6.07 Å². The summed E-state index contributed by atoms with van der Waals surface area (Å²) in [7, 11) is -3.51. The molecule has 0 saturated carbocycles. The lowest BCUT2D eigenvalue weighted by molar-refractivity contribution is 0.593. The number of nitrogens with zero attached hydrogens (tertiary/aromatic N) is 5. The van der Waals surface area contributed by atoms with Gasteiger partial charge >= 0.3 is 0 Å². The molecule has 0 radical (unpaired) electrons. The summed E-state index contributed by atoms with van der Waals surface area (Å²) in [4.78, 5) is 12.3. The molecule has 0 spiro atoms. The maximum atomic E-state index is 11.6. The first-order valence-electron chi connectivity index (χ1n) is 6.08. The van der Waals surface area contributed by atoms with Gasteiger partial charge in [0.25, 0.3) is 0 Å². The number of aromatic nitrogens is 4. The van der Waals surface area contributed by atoms with Gasteiger partial charge in [-0.3, -0.25) is 4.40 Å². The number of imidazole rings is 1. The van der Waals surface area contributed by atoms with Crippen molar-refractivity contribution in [3.63, 3.8) is 0 Å². The number of hydrogen-bond acceptors (Lipinski definition) is 6. The Labute approximate surface area is 120 Å². The van der Waals surface area contributed by atoms with E-state index in [0.29, 0.717) is 27.8 Å². The Morgan fingerprint density at radius 3 is 2.57 bits per heavy atom. The number of hydrogen-bond donors (Lipinski definition) is 0. The van der Waals surface area contributed by atoms with Gasteiger partial charge in [0.2, 0.25) is 15.0 Å². The number of rotatable bonds is 1. The zero-order valence-corrected chi connectivity index (χ0v) is 12.4. The van der Waals surface area contributed by atoms with Crippen LogP contribution in [0.25, 0.3) is 16.7 Å². The molecule has 0 aliphatic carbocycles. The van der Waals surface area contributed by atoms with Crippen LogP contribution >= 0.6 is 0 Å². The molecule has 0 amide bonds. The van der Waals surface area contributed by atoms with Crippen LogP contribution in [-0.4, -0.2) is 34.0 Å². The van der Waals surface area contributed by atoms with Crippen molar-refractivity contribution in [3.05, 3.63) is 29.2 Å². The van der Waals surface area contributed by atoms with Gasteiger partial charge < -0.3 is 0 Å². The highest BCUT2D eigenvalue weighted by molar-refractivity contribution is 7.90. The molecule has 0 fully saturated rings. The van der Waals surface area contributed by atoms with Crippen molar-refractivity contribution in [2.24, 2.45) is 0 Å². The zero-order chi connectivity index (χ0) is 15.4. The van der Waals surface area contributed by atoms with Gasteiger partial charge in [0, 0.05) is 24.0 Å². The Balaban J connectivity index is 2.59. The molecule has 21 heavy (non-hydrogen) atoms. The summed E-state index contributed by atoms with van der Waals surface area (Å²) < 4.78 is 24.9. The molecule has 0 N–H and O–H groups in total. The van der Waals surface area contributed by atoms with Crippen molar-refractivity contribution in [1.29, 1.82) is 5.26 Å². The third kappa shape index (κ3) is 1.94. The number of sulfone groups is 1. The Hall–Kier alpha value is -2.53. The Morgan fingerprint density at radius 2 is 1.95 bits per heavy atom. The molecule has 0 aromatic carbocycles. The van der Waals surface area contributed by atoms with Crippen LogP contribution in [0.2, 0.25) is 0 Å². The monoisotopic (exact) mass is 301 g/mol. The average molecular weight is 301 g/mol. The Morgan fingerprint density at radius 1 is 1.24 bits per heavy atom. The highest BCUT2D eigenvalue weighted by Crippen LogP contribution is 2.24. The van der Waals surface area contributed by atoms with Crippen LogP contribution in [0.15, 0.2) is 17.6 Å². The predicted octanol–water partition coefficient (Wildman–Crippen LogP) is 1.17. The van der Waals surface area contributed by atoms with Gasteiger partial charge in [-0.15, -0.1) is 0 Å². The summed E-state index contributed by atoms with van der Waals surface area (Å²) in [6.45, 7) is 3.57. The maximum Gasteiger partial charge on any atom is 0.248 e. The quantitative estimate of drug-likeness (QED) is 0.625. The van der Waals surface area contributed by atoms with Crippen LogP contribution in [0.5, 0.6) is 0 Å². The van der Waals surface area contributed by atoms with E-state index >= 15 is 0 Å². The van der Waals surface area contributed by atoms with Crippen molar-refractivity contribution < 1.29 is 8.42 Å². The van der Waals surface area contributed by atoms with E-state index in [1.807, 2.05) is 0 Å². The van der Waals surface area contributed by atoms with Gasteiger partial charge in [0.1, 0.15) is 6.07 Å². The van der Waals surface area contributed by atoms with E-state index in [-0.39, 0.29) is 5.16 Å². The lowest BCUT2D eigenvalue weighted by atomic mass is 10.1. The summed E-state index contributed by atoms with van der Waals surface area (Å²) in [5.41, 5.74) is 2.74. The van der Waals surface area contributed by atoms with Crippen molar-refractivity contribution in [1.82, 2.24) is 19.4 Å². The molecule has 0 aliphatic rings. The van der Waals surface area contributed by atoms with E-state index < -0.39 is 9.84 Å². The van der Waals surface area contributed by atoms with Crippen molar-refractivity contribution in [2.45, 2.75) is 19.0 Å². The molecule has 0 unspecified atom stereocenters. The summed E-state index contributed by atoms with van der Waals surface area (Å²) >= 11 is 0. The number of pyridine rings is 1. The molecule has 8 heteroatoms. The normalized spacial score (nSPS) is 11.9. The van der Waals surface area contributed by atoms with Crippen LogP contribution in [0, 0.1) is 25.2 Å². The van der Waals surface area contributed by atoms with Crippen LogP contribution in [0.4, 0.5) is 0 Å². The number of aryl methyl sites for hydroxylation is 2. The molecule has 0 bridgehead atoms. The van der Waals surface area contributed by atoms with E-state index in [0.717, 1.165) is 11.9 Å². The maximum absolute atomic E-state index is 11.6. The summed E-state index contributed by atoms with van der Waals surface area (Å²) in [5, 5.41) is 9.71. The minimum Gasteiger partial charge on any atom is -0.282 e. The van der Waals surface area contributed by atoms with Crippen LogP contribution in [-0.2, 0) is 9.84 Å². The van der Waals surface area contributed by atoms with E-state index in [1.54, 1.807) is 24.4 Å². The van der Waals surface area contributed by atoms with E-state index in [1.165, 1.54) is 6.20 Å². The fourth-order valence-electron chi connectivity index (χ4n) is 2.26. The second-order valence-electron chi connectivity index (χ2n) is 4.85. The van der Waals surface area contributed by atoms with Crippen molar-refractivity contribution in [2.75, 3.05) is 6.26 Å². The lowest BCUT2D eigenvalue weighted by Crippen LogP contribution is -2.07. The average Bonchev–Trinajstić information content (AvgIpc) is 2.79. The van der Waals surface area contributed by atoms with E-state index in [4.69, 9.17) is 0 Å². The van der Waals surface area contributed by atoms with E-state index in [9.17, 15) is 13.7 Å². The van der Waals surface area contributed by atoms with Gasteiger partial charge in [-0.05, 0) is 19.4 Å². The topological polar surface area (TPSA) is 101 Å². The second kappa shape index (κ2) is 4.23. The minimum absolute atomic E-state index is 0.244. The molecule has 7 nitrogen and oxygen atoms in total. The molecule has 0 atom stereocenters. The summed E-state index contributed by atoms with van der Waals surface area (Å²) in [6.07, 6.45) is 4.21.